The molecule has 0 unspecified atom stereocenters. The summed E-state index contributed by atoms with van der Waals surface area (Å²) >= 11 is 0. The van der Waals surface area contributed by atoms with Crippen LogP contribution in [0.4, 0.5) is 0 Å². The minimum Gasteiger partial charge on any atom is -0.327 e. The average Bonchev–Trinajstić information content (AvgIpc) is 1.21. The maximum Gasteiger partial charge on any atom is 0.404 e. The zero-order valence-corrected chi connectivity index (χ0v) is 6.44. The van der Waals surface area contributed by atoms with Crippen molar-refractivity contribution in [2.75, 3.05) is 0 Å². The van der Waals surface area contributed by atoms with Crippen LogP contribution in [0.5, 0.6) is 0 Å². The molecule has 0 saturated heterocycles. The van der Waals surface area contributed by atoms with E-state index in [0.29, 0.717) is 0 Å². The van der Waals surface area contributed by atoms with Gasteiger partial charge in [0.1, 0.15) is 0 Å². The van der Waals surface area contributed by atoms with Gasteiger partial charge in [-0.3, -0.25) is 4.55 Å². The van der Waals surface area contributed by atoms with E-state index in [1.54, 1.807) is 0 Å². The molecule has 9 heavy (non-hydrogen) atoms. The summed E-state index contributed by atoms with van der Waals surface area (Å²) < 4.78 is 29.7. The van der Waals surface area contributed by atoms with Crippen LogP contribution in [0.1, 0.15) is 0 Å². The summed E-state index contributed by atoms with van der Waals surface area (Å²) in [5, 5.41) is 0. The van der Waals surface area contributed by atoms with E-state index in [4.69, 9.17) is 14.3 Å². The van der Waals surface area contributed by atoms with Crippen molar-refractivity contribution in [3.05, 3.63) is 0 Å². The van der Waals surface area contributed by atoms with Crippen molar-refractivity contribution in [1.29, 1.82) is 0 Å². The van der Waals surface area contributed by atoms with Crippen LogP contribution in [0.25, 0.3) is 0 Å². The molecule has 0 heterocycles. The molecular weight excluding hydrogens is 218 g/mol. The fraction of sp³-hybridized carbons (Fsp3) is 0. The van der Waals surface area contributed by atoms with Crippen molar-refractivity contribution < 1.29 is 43.2 Å². The second-order valence-electron chi connectivity index (χ2n) is 0.755. The fourth-order valence-corrected chi connectivity index (χ4v) is 0.758. The average molecular weight is 221 g/mol. The Morgan fingerprint density at radius 3 is 1.67 bits per heavy atom. The number of rotatable bonds is 2. The third kappa shape index (κ3) is 12.0. The van der Waals surface area contributed by atoms with Gasteiger partial charge in [-0.1, -0.05) is 0 Å². The molecule has 0 aliphatic carbocycles. The molecule has 0 aromatic carbocycles. The molecule has 0 radical (unpaired) electrons. The van der Waals surface area contributed by atoms with Gasteiger partial charge < -0.3 is 9.79 Å². The van der Waals surface area contributed by atoms with Crippen LogP contribution < -0.4 is 0 Å². The first kappa shape index (κ1) is 12.4. The Kier molecular flexibility index (Phi) is 6.22. The van der Waals surface area contributed by atoms with Crippen LogP contribution in [0.15, 0.2) is 0 Å². The summed E-state index contributed by atoms with van der Waals surface area (Å²) in [6.07, 6.45) is 0. The molecule has 0 atom stereocenters. The predicted molar refractivity (Wildman–Crippen MR) is 24.0 cm³/mol. The van der Waals surface area contributed by atoms with Crippen LogP contribution in [-0.2, 0) is 30.9 Å². The van der Waals surface area contributed by atoms with Crippen molar-refractivity contribution >= 4 is 19.0 Å². The van der Waals surface area contributed by atoms with Gasteiger partial charge in [-0.05, 0) is 0 Å². The molecule has 0 aromatic rings. The van der Waals surface area contributed by atoms with Gasteiger partial charge in [0.25, 0.3) is 0 Å². The molecule has 0 fully saturated rings. The van der Waals surface area contributed by atoms with E-state index in [9.17, 15) is 8.42 Å². The van der Waals surface area contributed by atoms with Crippen molar-refractivity contribution in [3.63, 3.8) is 0 Å². The van der Waals surface area contributed by atoms with E-state index in [1.807, 2.05) is 0 Å². The Morgan fingerprint density at radius 2 is 1.67 bits per heavy atom. The first-order chi connectivity index (χ1) is 3.42. The normalized spacial score (nSPS) is 11.1. The maximum absolute atomic E-state index is 9.47. The van der Waals surface area contributed by atoms with E-state index in [1.165, 1.54) is 0 Å². The van der Waals surface area contributed by atoms with Crippen LogP contribution in [0.3, 0.4) is 0 Å². The monoisotopic (exact) mass is 220 g/mol. The summed E-state index contributed by atoms with van der Waals surface area (Å²) in [5.41, 5.74) is 0. The van der Waals surface area contributed by atoms with Crippen LogP contribution in [0.2, 0.25) is 0 Å². The van der Waals surface area contributed by atoms with Gasteiger partial charge in [0.15, 0.2) is 0 Å². The van der Waals surface area contributed by atoms with Crippen LogP contribution in [-0.4, -0.2) is 22.8 Å². The Bertz CT molecular complexity index is 146. The molecule has 9 heteroatoms. The number of hydrogen-bond acceptors (Lipinski definition) is 5. The Labute approximate surface area is 62.7 Å². The summed E-state index contributed by atoms with van der Waals surface area (Å²) in [4.78, 5) is 15.5. The summed E-state index contributed by atoms with van der Waals surface area (Å²) in [6, 6.07) is 0. The van der Waals surface area contributed by atoms with Gasteiger partial charge >= 0.3 is 19.0 Å². The first-order valence-corrected chi connectivity index (χ1v) is 3.80. The zero-order valence-electron chi connectivity index (χ0n) is 3.74. The largest absolute Gasteiger partial charge is 0.404 e. The minimum absolute atomic E-state index is 0. The number of hydrogen-bond donors (Lipinski definition) is 3. The van der Waals surface area contributed by atoms with Crippen LogP contribution in [0, 0.1) is 0 Å². The third-order valence-corrected chi connectivity index (χ3v) is 1.45. The molecule has 0 aliphatic heterocycles. The topological polar surface area (TPSA) is 104 Å². The van der Waals surface area contributed by atoms with Crippen molar-refractivity contribution in [1.82, 2.24) is 0 Å². The van der Waals surface area contributed by atoms with E-state index in [-0.39, 0.29) is 16.5 Å². The van der Waals surface area contributed by atoms with Gasteiger partial charge in [0, 0.05) is 16.5 Å². The summed E-state index contributed by atoms with van der Waals surface area (Å²) in [6.45, 7) is 0. The predicted octanol–water partition coefficient (Wildman–Crippen LogP) is -0.985. The molecule has 60 valence electrons. The van der Waals surface area contributed by atoms with Gasteiger partial charge in [-0.25, -0.2) is 0 Å². The molecule has 0 spiro atoms. The standard InChI is InChI=1S/Ni.H3O6PS/c;1-7(2)6-8(3,4)5/h;1-2H,(H,3,4,5). The Morgan fingerprint density at radius 1 is 1.33 bits per heavy atom. The summed E-state index contributed by atoms with van der Waals surface area (Å²) in [7, 11) is -7.72. The fourth-order valence-electron chi connectivity index (χ4n) is 0.0842. The van der Waals surface area contributed by atoms with Crippen molar-refractivity contribution in [3.8, 4) is 0 Å². The molecular formula is H3NiO6PS. The smallest absolute Gasteiger partial charge is 0.327 e. The minimum atomic E-state index is -4.69. The van der Waals surface area contributed by atoms with E-state index in [0.717, 1.165) is 0 Å². The van der Waals surface area contributed by atoms with Gasteiger partial charge in [0.05, 0.1) is 0 Å². The molecule has 0 rings (SSSR count). The van der Waals surface area contributed by atoms with E-state index < -0.39 is 19.0 Å². The Hall–Kier alpha value is 0.714. The van der Waals surface area contributed by atoms with Crippen molar-refractivity contribution in [2.24, 2.45) is 0 Å². The SMILES string of the molecule is O=S(=O)(O)OP(O)O.[Ni]. The van der Waals surface area contributed by atoms with Crippen LogP contribution >= 0.6 is 8.60 Å². The molecule has 0 aromatic heterocycles. The van der Waals surface area contributed by atoms with E-state index in [2.05, 4.69) is 3.97 Å². The molecule has 0 saturated carbocycles. The molecule has 0 bridgehead atoms. The maximum atomic E-state index is 9.47. The van der Waals surface area contributed by atoms with Gasteiger partial charge in [-0.15, -0.1) is 0 Å². The molecule has 0 amide bonds. The van der Waals surface area contributed by atoms with E-state index >= 15 is 0 Å². The quantitative estimate of drug-likeness (QED) is 0.314. The second kappa shape index (κ2) is 4.52. The van der Waals surface area contributed by atoms with Gasteiger partial charge in [0.2, 0.25) is 0 Å². The van der Waals surface area contributed by atoms with Crippen molar-refractivity contribution in [2.45, 2.75) is 0 Å². The first-order valence-electron chi connectivity index (χ1n) is 1.27. The third-order valence-electron chi connectivity index (χ3n) is 0.161. The molecule has 6 nitrogen and oxygen atoms in total. The zero-order chi connectivity index (χ0) is 6.78. The van der Waals surface area contributed by atoms with Gasteiger partial charge in [-0.2, -0.15) is 12.4 Å². The molecule has 0 aliphatic rings. The Balaban J connectivity index is 0. The second-order valence-corrected chi connectivity index (χ2v) is 2.71. The summed E-state index contributed by atoms with van der Waals surface area (Å²) in [5.74, 6) is 0. The molecule has 3 N–H and O–H groups in total.